The number of carbonyl (C=O) groups is 2. The number of carboxylic acid groups (broad SMARTS) is 1. The molecular formula is C27H38FN5O5. The lowest BCUT2D eigenvalue weighted by atomic mass is 10.1. The fourth-order valence-corrected chi connectivity index (χ4v) is 4.50. The van der Waals surface area contributed by atoms with Crippen molar-refractivity contribution < 1.29 is 23.8 Å². The van der Waals surface area contributed by atoms with Crippen molar-refractivity contribution in [1.82, 2.24) is 20.2 Å². The molecule has 1 aliphatic heterocycles. The number of ether oxygens (including phenoxy) is 1. The largest absolute Gasteiger partial charge is 0.480 e. The summed E-state index contributed by atoms with van der Waals surface area (Å²) < 4.78 is 18.6. The van der Waals surface area contributed by atoms with E-state index in [1.54, 1.807) is 6.07 Å². The van der Waals surface area contributed by atoms with Gasteiger partial charge in [0.25, 0.3) is 0 Å². The molecule has 10 nitrogen and oxygen atoms in total. The SMILES string of the molecule is COC(CF)CN(CCCCc1ccc2c(n1)NCCC2)CCC(NC(=O)Cc1cccc(=O)[nH]1)C(=O)O. The number of carboxylic acids is 1. The van der Waals surface area contributed by atoms with Gasteiger partial charge in [0, 0.05) is 44.2 Å². The number of anilines is 1. The summed E-state index contributed by atoms with van der Waals surface area (Å²) in [7, 11) is 1.45. The second-order valence-electron chi connectivity index (χ2n) is 9.57. The second-order valence-corrected chi connectivity index (χ2v) is 9.57. The van der Waals surface area contributed by atoms with Gasteiger partial charge in [-0.3, -0.25) is 9.59 Å². The van der Waals surface area contributed by atoms with Crippen LogP contribution in [0.25, 0.3) is 0 Å². The van der Waals surface area contributed by atoms with Crippen molar-refractivity contribution >= 4 is 17.7 Å². The smallest absolute Gasteiger partial charge is 0.326 e. The first kappa shape index (κ1) is 29.2. The molecule has 2 aromatic rings. The standard InChI is InChI=1S/C27H38FN5O5/c1-38-22(17-28)18-33(14-3-2-7-20-11-10-19-6-5-13-29-26(19)31-20)15-12-23(27(36)37)32-25(35)16-21-8-4-9-24(34)30-21/h4,8-11,22-23H,2-3,5-7,12-18H2,1H3,(H,29,31)(H,30,34)(H,32,35)(H,36,37). The molecule has 4 N–H and O–H groups in total. The predicted molar refractivity (Wildman–Crippen MR) is 142 cm³/mol. The molecule has 0 aliphatic carbocycles. The molecule has 0 radical (unpaired) electrons. The van der Waals surface area contributed by atoms with Crippen molar-refractivity contribution in [1.29, 1.82) is 0 Å². The van der Waals surface area contributed by atoms with Gasteiger partial charge in [-0.15, -0.1) is 0 Å². The summed E-state index contributed by atoms with van der Waals surface area (Å²) in [6.45, 7) is 1.60. The van der Waals surface area contributed by atoms with E-state index < -0.39 is 30.7 Å². The molecule has 0 saturated carbocycles. The van der Waals surface area contributed by atoms with Crippen molar-refractivity contribution in [3.63, 3.8) is 0 Å². The van der Waals surface area contributed by atoms with Crippen LogP contribution < -0.4 is 16.2 Å². The van der Waals surface area contributed by atoms with Crippen molar-refractivity contribution in [2.75, 3.05) is 45.3 Å². The number of fused-ring (bicyclic) bond motifs is 1. The summed E-state index contributed by atoms with van der Waals surface area (Å²) >= 11 is 0. The van der Waals surface area contributed by atoms with E-state index in [0.29, 0.717) is 25.3 Å². The number of hydrogen-bond donors (Lipinski definition) is 4. The Kier molecular flexibility index (Phi) is 11.7. The molecule has 38 heavy (non-hydrogen) atoms. The van der Waals surface area contributed by atoms with E-state index in [1.807, 2.05) is 4.90 Å². The van der Waals surface area contributed by atoms with Crippen molar-refractivity contribution in [3.05, 3.63) is 57.6 Å². The summed E-state index contributed by atoms with van der Waals surface area (Å²) in [5.74, 6) is -0.682. The van der Waals surface area contributed by atoms with Gasteiger partial charge in [-0.05, 0) is 62.8 Å². The average molecular weight is 532 g/mol. The monoisotopic (exact) mass is 531 g/mol. The van der Waals surface area contributed by atoms with E-state index in [4.69, 9.17) is 9.72 Å². The van der Waals surface area contributed by atoms with Gasteiger partial charge >= 0.3 is 5.97 Å². The van der Waals surface area contributed by atoms with Crippen molar-refractivity contribution in [2.24, 2.45) is 0 Å². The molecule has 208 valence electrons. The van der Waals surface area contributed by atoms with Gasteiger partial charge in [0.15, 0.2) is 0 Å². The normalized spacial score (nSPS) is 14.4. The number of nitrogens with zero attached hydrogens (tertiary/aromatic N) is 2. The third kappa shape index (κ3) is 9.53. The number of halogens is 1. The number of aryl methyl sites for hydroxylation is 2. The van der Waals surface area contributed by atoms with Crippen molar-refractivity contribution in [2.45, 2.75) is 57.1 Å². The average Bonchev–Trinajstić information content (AvgIpc) is 2.91. The van der Waals surface area contributed by atoms with Crippen LogP contribution >= 0.6 is 0 Å². The number of unbranched alkanes of at least 4 members (excludes halogenated alkanes) is 1. The Bertz CT molecular complexity index is 1110. The highest BCUT2D eigenvalue weighted by Crippen LogP contribution is 2.20. The number of aliphatic carboxylic acids is 1. The molecule has 2 atom stereocenters. The lowest BCUT2D eigenvalue weighted by Gasteiger charge is -2.27. The number of nitrogens with one attached hydrogen (secondary N) is 3. The quantitative estimate of drug-likeness (QED) is 0.241. The van der Waals surface area contributed by atoms with Crippen LogP contribution in [0, 0.1) is 0 Å². The Labute approximate surface area is 222 Å². The molecule has 2 unspecified atom stereocenters. The van der Waals surface area contributed by atoms with E-state index in [-0.39, 0.29) is 18.4 Å². The van der Waals surface area contributed by atoms with Crippen LogP contribution in [0.4, 0.5) is 10.2 Å². The Morgan fingerprint density at radius 2 is 2.08 bits per heavy atom. The Balaban J connectivity index is 1.51. The zero-order valence-corrected chi connectivity index (χ0v) is 21.9. The van der Waals surface area contributed by atoms with Gasteiger partial charge in [0.05, 0.1) is 12.5 Å². The van der Waals surface area contributed by atoms with Crippen LogP contribution in [0.2, 0.25) is 0 Å². The first-order valence-electron chi connectivity index (χ1n) is 13.1. The summed E-state index contributed by atoms with van der Waals surface area (Å²) in [6.07, 6.45) is 4.07. The number of carbonyl (C=O) groups excluding carboxylic acids is 1. The number of amides is 1. The second kappa shape index (κ2) is 15.2. The van der Waals surface area contributed by atoms with Crippen LogP contribution in [-0.4, -0.2) is 84.0 Å². The zero-order valence-electron chi connectivity index (χ0n) is 21.9. The third-order valence-electron chi connectivity index (χ3n) is 6.62. The van der Waals surface area contributed by atoms with Crippen LogP contribution in [0.15, 0.2) is 35.1 Å². The van der Waals surface area contributed by atoms with E-state index in [9.17, 15) is 23.9 Å². The van der Waals surface area contributed by atoms with Crippen LogP contribution in [0.3, 0.4) is 0 Å². The molecule has 11 heteroatoms. The maximum absolute atomic E-state index is 13.4. The Morgan fingerprint density at radius 3 is 2.82 bits per heavy atom. The van der Waals surface area contributed by atoms with Gasteiger partial charge in [0.2, 0.25) is 11.5 Å². The maximum atomic E-state index is 13.4. The van der Waals surface area contributed by atoms with Crippen LogP contribution in [0.5, 0.6) is 0 Å². The highest BCUT2D eigenvalue weighted by molar-refractivity contribution is 5.84. The van der Waals surface area contributed by atoms with Crippen molar-refractivity contribution in [3.8, 4) is 0 Å². The highest BCUT2D eigenvalue weighted by atomic mass is 19.1. The lowest BCUT2D eigenvalue weighted by Crippen LogP contribution is -2.45. The molecule has 0 spiro atoms. The molecule has 0 bridgehead atoms. The molecule has 1 aliphatic rings. The van der Waals surface area contributed by atoms with E-state index in [0.717, 1.165) is 50.2 Å². The van der Waals surface area contributed by atoms with Gasteiger partial charge in [-0.1, -0.05) is 12.1 Å². The zero-order chi connectivity index (χ0) is 27.3. The number of hydrogen-bond acceptors (Lipinski definition) is 7. The number of methoxy groups -OCH3 is 1. The Hall–Kier alpha value is -3.31. The highest BCUT2D eigenvalue weighted by Gasteiger charge is 2.22. The van der Waals surface area contributed by atoms with Gasteiger partial charge in [-0.2, -0.15) is 0 Å². The first-order chi connectivity index (χ1) is 18.4. The molecule has 3 heterocycles. The van der Waals surface area contributed by atoms with E-state index in [1.165, 1.54) is 24.8 Å². The van der Waals surface area contributed by atoms with Gasteiger partial charge in [-0.25, -0.2) is 14.2 Å². The number of pyridine rings is 2. The van der Waals surface area contributed by atoms with Crippen LogP contribution in [-0.2, 0) is 33.6 Å². The number of H-pyrrole nitrogens is 1. The Morgan fingerprint density at radius 1 is 1.24 bits per heavy atom. The first-order valence-corrected chi connectivity index (χ1v) is 13.1. The number of aromatic nitrogens is 2. The topological polar surface area (TPSA) is 137 Å². The van der Waals surface area contributed by atoms with E-state index in [2.05, 4.69) is 27.8 Å². The minimum atomic E-state index is -1.15. The molecule has 3 rings (SSSR count). The molecule has 1 amide bonds. The van der Waals surface area contributed by atoms with Gasteiger partial charge in [0.1, 0.15) is 18.5 Å². The summed E-state index contributed by atoms with van der Waals surface area (Å²) in [4.78, 5) is 44.9. The van der Waals surface area contributed by atoms with E-state index >= 15 is 0 Å². The number of alkyl halides is 1. The third-order valence-corrected chi connectivity index (χ3v) is 6.62. The minimum Gasteiger partial charge on any atom is -0.480 e. The predicted octanol–water partition coefficient (Wildman–Crippen LogP) is 1.94. The minimum absolute atomic E-state index is 0.135. The molecule has 0 fully saturated rings. The molecule has 0 saturated heterocycles. The van der Waals surface area contributed by atoms with Crippen LogP contribution in [0.1, 0.15) is 42.6 Å². The lowest BCUT2D eigenvalue weighted by molar-refractivity contribution is -0.142. The molecule has 0 aromatic carbocycles. The fraction of sp³-hybridized carbons (Fsp3) is 0.556. The maximum Gasteiger partial charge on any atom is 0.326 e. The number of rotatable bonds is 16. The summed E-state index contributed by atoms with van der Waals surface area (Å²) in [6, 6.07) is 7.55. The fourth-order valence-electron chi connectivity index (χ4n) is 4.50. The molecule has 2 aromatic heterocycles. The summed E-state index contributed by atoms with van der Waals surface area (Å²) in [5, 5.41) is 15.5. The molecular weight excluding hydrogens is 493 g/mol. The number of aromatic amines is 1. The van der Waals surface area contributed by atoms with Gasteiger partial charge < -0.3 is 30.4 Å². The summed E-state index contributed by atoms with van der Waals surface area (Å²) in [5.41, 5.74) is 2.34.